The largest absolute Gasteiger partial charge is 0.316 e. The van der Waals surface area contributed by atoms with Crippen LogP contribution in [0.4, 0.5) is 0 Å². The van der Waals surface area contributed by atoms with Crippen molar-refractivity contribution < 1.29 is 8.42 Å². The molecule has 1 aliphatic heterocycles. The summed E-state index contributed by atoms with van der Waals surface area (Å²) in [7, 11) is -3.33. The number of nitrogens with zero attached hydrogens (tertiary/aromatic N) is 2. The van der Waals surface area contributed by atoms with Gasteiger partial charge in [-0.3, -0.25) is 0 Å². The normalized spacial score (nSPS) is 19.0. The van der Waals surface area contributed by atoms with E-state index in [1.165, 1.54) is 12.5 Å². The average Bonchev–Trinajstić information content (AvgIpc) is 2.55. The van der Waals surface area contributed by atoms with E-state index in [2.05, 4.69) is 15.3 Å². The molecule has 2 aromatic rings. The molecular formula is C16H19N3O2S. The van der Waals surface area contributed by atoms with Crippen LogP contribution in [0.2, 0.25) is 0 Å². The molecule has 116 valence electrons. The van der Waals surface area contributed by atoms with Crippen molar-refractivity contribution in [3.8, 4) is 11.4 Å². The zero-order chi connectivity index (χ0) is 15.6. The van der Waals surface area contributed by atoms with Crippen molar-refractivity contribution in [2.24, 2.45) is 0 Å². The maximum Gasteiger partial charge on any atom is 0.178 e. The first kappa shape index (κ1) is 15.1. The molecule has 0 unspecified atom stereocenters. The summed E-state index contributed by atoms with van der Waals surface area (Å²) in [6.07, 6.45) is 4.64. The Hall–Kier alpha value is -1.79. The molecule has 0 spiro atoms. The van der Waals surface area contributed by atoms with Gasteiger partial charge in [0.2, 0.25) is 0 Å². The van der Waals surface area contributed by atoms with Crippen molar-refractivity contribution in [2.45, 2.75) is 23.7 Å². The topological polar surface area (TPSA) is 72.0 Å². The summed E-state index contributed by atoms with van der Waals surface area (Å²) in [5.74, 6) is 0.692. The van der Waals surface area contributed by atoms with E-state index in [1.54, 1.807) is 0 Å². The lowest BCUT2D eigenvalue weighted by Gasteiger charge is -2.24. The zero-order valence-corrected chi connectivity index (χ0v) is 13.3. The van der Waals surface area contributed by atoms with E-state index in [4.69, 9.17) is 0 Å². The van der Waals surface area contributed by atoms with Crippen molar-refractivity contribution in [1.82, 2.24) is 15.3 Å². The molecule has 0 amide bonds. The molecule has 2 heterocycles. The van der Waals surface area contributed by atoms with Crippen LogP contribution in [0.3, 0.4) is 0 Å². The third kappa shape index (κ3) is 3.18. The predicted octanol–water partition coefficient (Wildman–Crippen LogP) is 2.01. The second kappa shape index (κ2) is 6.14. The predicted molar refractivity (Wildman–Crippen MR) is 85.4 cm³/mol. The molecule has 0 saturated carbocycles. The second-order valence-corrected chi connectivity index (χ2v) is 7.61. The van der Waals surface area contributed by atoms with E-state index in [1.807, 2.05) is 30.3 Å². The van der Waals surface area contributed by atoms with Crippen LogP contribution in [0.15, 0.2) is 41.4 Å². The van der Waals surface area contributed by atoms with Crippen molar-refractivity contribution in [1.29, 1.82) is 0 Å². The van der Waals surface area contributed by atoms with E-state index in [9.17, 15) is 8.42 Å². The highest BCUT2D eigenvalue weighted by Crippen LogP contribution is 2.28. The van der Waals surface area contributed by atoms with Crippen molar-refractivity contribution >= 4 is 9.84 Å². The van der Waals surface area contributed by atoms with Gasteiger partial charge in [0.15, 0.2) is 15.7 Å². The second-order valence-electron chi connectivity index (χ2n) is 5.62. The van der Waals surface area contributed by atoms with Crippen molar-refractivity contribution in [2.75, 3.05) is 19.3 Å². The number of hydrogen-bond donors (Lipinski definition) is 1. The van der Waals surface area contributed by atoms with Crippen LogP contribution in [0, 0.1) is 0 Å². The molecule has 22 heavy (non-hydrogen) atoms. The number of aromatic nitrogens is 2. The monoisotopic (exact) mass is 317 g/mol. The first-order valence-electron chi connectivity index (χ1n) is 7.39. The zero-order valence-electron chi connectivity index (χ0n) is 12.5. The smallest absolute Gasteiger partial charge is 0.178 e. The molecule has 1 saturated heterocycles. The van der Waals surface area contributed by atoms with Crippen LogP contribution in [-0.4, -0.2) is 37.7 Å². The van der Waals surface area contributed by atoms with Crippen molar-refractivity contribution in [3.05, 3.63) is 42.2 Å². The molecule has 1 atom stereocenters. The fourth-order valence-electron chi connectivity index (χ4n) is 2.77. The summed E-state index contributed by atoms with van der Waals surface area (Å²) in [5, 5.41) is 3.32. The Balaban J connectivity index is 2.10. The lowest BCUT2D eigenvalue weighted by atomic mass is 9.96. The summed E-state index contributed by atoms with van der Waals surface area (Å²) in [5.41, 5.74) is 1.54. The Kier molecular flexibility index (Phi) is 4.22. The van der Waals surface area contributed by atoms with E-state index >= 15 is 0 Å². The fraction of sp³-hybridized carbons (Fsp3) is 0.375. The maximum absolute atomic E-state index is 12.0. The van der Waals surface area contributed by atoms with Crippen LogP contribution in [0.1, 0.15) is 24.5 Å². The molecule has 0 radical (unpaired) electrons. The summed E-state index contributed by atoms with van der Waals surface area (Å²) in [6.45, 7) is 1.73. The third-order valence-corrected chi connectivity index (χ3v) is 5.01. The minimum atomic E-state index is -3.33. The van der Waals surface area contributed by atoms with Crippen LogP contribution in [0.25, 0.3) is 11.4 Å². The van der Waals surface area contributed by atoms with Crippen LogP contribution >= 0.6 is 0 Å². The number of nitrogens with one attached hydrogen (secondary N) is 1. The summed E-state index contributed by atoms with van der Waals surface area (Å²) >= 11 is 0. The highest BCUT2D eigenvalue weighted by Gasteiger charge is 2.25. The number of sulfone groups is 1. The summed E-state index contributed by atoms with van der Waals surface area (Å²) < 4.78 is 24.1. The van der Waals surface area contributed by atoms with Gasteiger partial charge in [-0.05, 0) is 19.4 Å². The maximum atomic E-state index is 12.0. The van der Waals surface area contributed by atoms with Gasteiger partial charge in [-0.2, -0.15) is 0 Å². The van der Waals surface area contributed by atoms with Gasteiger partial charge in [-0.15, -0.1) is 0 Å². The van der Waals surface area contributed by atoms with Gasteiger partial charge in [0.1, 0.15) is 4.90 Å². The number of rotatable bonds is 3. The van der Waals surface area contributed by atoms with Gasteiger partial charge in [0.25, 0.3) is 0 Å². The lowest BCUT2D eigenvalue weighted by Crippen LogP contribution is -2.30. The third-order valence-electron chi connectivity index (χ3n) is 3.90. The SMILES string of the molecule is CS(=O)(=O)c1cnc(-c2ccccc2)nc1[C@@H]1CCCNC1. The quantitative estimate of drug-likeness (QED) is 0.937. The minimum Gasteiger partial charge on any atom is -0.316 e. The summed E-state index contributed by atoms with van der Waals surface area (Å²) in [6, 6.07) is 9.63. The molecule has 1 aromatic carbocycles. The first-order valence-corrected chi connectivity index (χ1v) is 9.28. The first-order chi connectivity index (χ1) is 10.6. The van der Waals surface area contributed by atoms with Crippen LogP contribution in [-0.2, 0) is 9.84 Å². The Morgan fingerprint density at radius 1 is 1.23 bits per heavy atom. The highest BCUT2D eigenvalue weighted by atomic mass is 32.2. The molecular weight excluding hydrogens is 298 g/mol. The van der Waals surface area contributed by atoms with E-state index in [0.717, 1.165) is 31.5 Å². The van der Waals surface area contributed by atoms with Crippen LogP contribution < -0.4 is 5.32 Å². The van der Waals surface area contributed by atoms with Gasteiger partial charge < -0.3 is 5.32 Å². The number of benzene rings is 1. The Labute approximate surface area is 130 Å². The van der Waals surface area contributed by atoms with Crippen molar-refractivity contribution in [3.63, 3.8) is 0 Å². The van der Waals surface area contributed by atoms with Gasteiger partial charge in [0, 0.05) is 30.5 Å². The molecule has 3 rings (SSSR count). The van der Waals surface area contributed by atoms with Gasteiger partial charge in [-0.25, -0.2) is 18.4 Å². The van der Waals surface area contributed by atoms with Crippen LogP contribution in [0.5, 0.6) is 0 Å². The molecule has 5 nitrogen and oxygen atoms in total. The van der Waals surface area contributed by atoms with Gasteiger partial charge in [-0.1, -0.05) is 30.3 Å². The molecule has 1 fully saturated rings. The molecule has 1 aliphatic rings. The fourth-order valence-corrected chi connectivity index (χ4v) is 3.61. The molecule has 6 heteroatoms. The Morgan fingerprint density at radius 3 is 2.64 bits per heavy atom. The van der Waals surface area contributed by atoms with Gasteiger partial charge in [0.05, 0.1) is 5.69 Å². The number of hydrogen-bond acceptors (Lipinski definition) is 5. The van der Waals surface area contributed by atoms with Gasteiger partial charge >= 0.3 is 0 Å². The minimum absolute atomic E-state index is 0.115. The van der Waals surface area contributed by atoms with E-state index in [0.29, 0.717) is 11.5 Å². The van der Waals surface area contributed by atoms with E-state index < -0.39 is 9.84 Å². The Bertz CT molecular complexity index is 754. The average molecular weight is 317 g/mol. The summed E-state index contributed by atoms with van der Waals surface area (Å²) in [4.78, 5) is 9.11. The lowest BCUT2D eigenvalue weighted by molar-refractivity contribution is 0.448. The molecule has 0 aliphatic carbocycles. The van der Waals surface area contributed by atoms with E-state index in [-0.39, 0.29) is 10.8 Å². The number of piperidine rings is 1. The standard InChI is InChI=1S/C16H19N3O2S/c1-22(20,21)14-11-18-16(12-6-3-2-4-7-12)19-15(14)13-8-5-9-17-10-13/h2-4,6-7,11,13,17H,5,8-10H2,1H3/t13-/m1/s1. The highest BCUT2D eigenvalue weighted by molar-refractivity contribution is 7.90. The molecule has 0 bridgehead atoms. The molecule has 1 aromatic heterocycles. The molecule has 1 N–H and O–H groups in total. The Morgan fingerprint density at radius 2 is 2.00 bits per heavy atom.